The van der Waals surface area contributed by atoms with Gasteiger partial charge in [-0.25, -0.2) is 21.8 Å². The summed E-state index contributed by atoms with van der Waals surface area (Å²) in [6.07, 6.45) is 0. The van der Waals surface area contributed by atoms with Crippen molar-refractivity contribution in [2.45, 2.75) is 31.0 Å². The third kappa shape index (κ3) is 4.82. The Morgan fingerprint density at radius 2 is 1.61 bits per heavy atom. The Morgan fingerprint density at radius 1 is 0.968 bits per heavy atom. The van der Waals surface area contributed by atoms with Crippen molar-refractivity contribution in [1.29, 1.82) is 0 Å². The van der Waals surface area contributed by atoms with Crippen LogP contribution in [0.5, 0.6) is 0 Å². The fourth-order valence-corrected chi connectivity index (χ4v) is 6.06. The minimum Gasteiger partial charge on any atom is -0.330 e. The van der Waals surface area contributed by atoms with Crippen LogP contribution in [-0.4, -0.2) is 55.1 Å². The van der Waals surface area contributed by atoms with Crippen molar-refractivity contribution in [2.75, 3.05) is 20.1 Å². The lowest BCUT2D eigenvalue weighted by Gasteiger charge is -2.18. The maximum absolute atomic E-state index is 12.8. The zero-order valence-electron chi connectivity index (χ0n) is 18.2. The maximum atomic E-state index is 12.8. The van der Waals surface area contributed by atoms with Gasteiger partial charge in [0.2, 0.25) is 20.0 Å². The van der Waals surface area contributed by atoms with Gasteiger partial charge in [0, 0.05) is 27.2 Å². The number of aryl methyl sites for hydroxylation is 1. The predicted molar refractivity (Wildman–Crippen MR) is 121 cm³/mol. The summed E-state index contributed by atoms with van der Waals surface area (Å²) >= 11 is 0. The second kappa shape index (κ2) is 9.07. The molecule has 0 aliphatic heterocycles. The molecule has 0 radical (unpaired) electrons. The summed E-state index contributed by atoms with van der Waals surface area (Å²) in [6, 6.07) is 13.8. The van der Waals surface area contributed by atoms with Crippen LogP contribution < -0.4 is 0 Å². The third-order valence-corrected chi connectivity index (χ3v) is 9.14. The number of benzene rings is 2. The molecule has 2 aromatic carbocycles. The van der Waals surface area contributed by atoms with E-state index in [-0.39, 0.29) is 17.2 Å². The lowest BCUT2D eigenvalue weighted by Crippen LogP contribution is -2.30. The number of fused-ring (bicyclic) bond motifs is 1. The first-order valence-electron chi connectivity index (χ1n) is 10.0. The Hall–Kier alpha value is -2.27. The minimum absolute atomic E-state index is 0.0818. The second-order valence-corrected chi connectivity index (χ2v) is 11.3. The summed E-state index contributed by atoms with van der Waals surface area (Å²) < 4.78 is 55.6. The van der Waals surface area contributed by atoms with Crippen LogP contribution in [0.15, 0.2) is 53.4 Å². The zero-order valence-corrected chi connectivity index (χ0v) is 19.8. The lowest BCUT2D eigenvalue weighted by atomic mass is 10.2. The van der Waals surface area contributed by atoms with Crippen molar-refractivity contribution < 1.29 is 16.8 Å². The van der Waals surface area contributed by atoms with E-state index in [0.717, 1.165) is 5.52 Å². The number of imidazole rings is 1. The van der Waals surface area contributed by atoms with Crippen LogP contribution in [0.4, 0.5) is 0 Å². The first-order chi connectivity index (χ1) is 14.6. The van der Waals surface area contributed by atoms with Crippen molar-refractivity contribution >= 4 is 31.1 Å². The summed E-state index contributed by atoms with van der Waals surface area (Å²) in [4.78, 5) is 4.71. The number of aromatic nitrogens is 2. The van der Waals surface area contributed by atoms with Gasteiger partial charge in [0.15, 0.2) is 0 Å². The number of hydrogen-bond donors (Lipinski definition) is 0. The first-order valence-corrected chi connectivity index (χ1v) is 13.1. The molecule has 0 aliphatic rings. The number of hydrogen-bond acceptors (Lipinski definition) is 5. The number of sulfonamides is 2. The average molecular weight is 465 g/mol. The molecule has 168 valence electrons. The molecule has 0 fully saturated rings. The molecule has 0 saturated heterocycles. The van der Waals surface area contributed by atoms with Gasteiger partial charge in [-0.3, -0.25) is 0 Å². The molecule has 0 atom stereocenters. The Balaban J connectivity index is 1.89. The largest absolute Gasteiger partial charge is 0.330 e. The van der Waals surface area contributed by atoms with Crippen molar-refractivity contribution in [3.63, 3.8) is 0 Å². The predicted octanol–water partition coefficient (Wildman–Crippen LogP) is 2.57. The average Bonchev–Trinajstić information content (AvgIpc) is 3.04. The smallest absolute Gasteiger partial charge is 0.243 e. The molecule has 0 N–H and O–H groups in total. The molecule has 0 aliphatic carbocycles. The van der Waals surface area contributed by atoms with Crippen LogP contribution in [0, 0.1) is 0 Å². The Kier molecular flexibility index (Phi) is 6.85. The highest BCUT2D eigenvalue weighted by molar-refractivity contribution is 7.89. The van der Waals surface area contributed by atoms with Crippen molar-refractivity contribution in [3.05, 3.63) is 59.9 Å². The topological polar surface area (TPSA) is 92.6 Å². The monoisotopic (exact) mass is 464 g/mol. The van der Waals surface area contributed by atoms with Gasteiger partial charge in [-0.15, -0.1) is 0 Å². The zero-order chi connectivity index (χ0) is 22.8. The molecule has 0 bridgehead atoms. The van der Waals surface area contributed by atoms with Gasteiger partial charge in [0.1, 0.15) is 5.82 Å². The van der Waals surface area contributed by atoms with Crippen LogP contribution in [-0.2, 0) is 39.4 Å². The highest BCUT2D eigenvalue weighted by atomic mass is 32.2. The van der Waals surface area contributed by atoms with Gasteiger partial charge in [0.05, 0.1) is 28.2 Å². The fraction of sp³-hybridized carbons (Fsp3) is 0.381. The quantitative estimate of drug-likeness (QED) is 0.485. The van der Waals surface area contributed by atoms with Gasteiger partial charge < -0.3 is 4.57 Å². The molecule has 0 spiro atoms. The van der Waals surface area contributed by atoms with Gasteiger partial charge >= 0.3 is 0 Å². The van der Waals surface area contributed by atoms with Crippen LogP contribution in [0.2, 0.25) is 0 Å². The van der Waals surface area contributed by atoms with E-state index < -0.39 is 20.0 Å². The van der Waals surface area contributed by atoms with E-state index in [4.69, 9.17) is 0 Å². The van der Waals surface area contributed by atoms with Crippen molar-refractivity contribution in [3.8, 4) is 0 Å². The maximum Gasteiger partial charge on any atom is 0.243 e. The Labute approximate surface area is 184 Å². The van der Waals surface area contributed by atoms with E-state index in [1.165, 1.54) is 15.7 Å². The third-order valence-electron chi connectivity index (χ3n) is 5.32. The van der Waals surface area contributed by atoms with E-state index in [1.807, 2.05) is 6.07 Å². The fourth-order valence-electron chi connectivity index (χ4n) is 3.44. The van der Waals surface area contributed by atoms with E-state index in [2.05, 4.69) is 4.98 Å². The van der Waals surface area contributed by atoms with Crippen molar-refractivity contribution in [1.82, 2.24) is 18.2 Å². The molecular formula is C21H28N4O4S2. The molecule has 1 heterocycles. The Bertz CT molecular complexity index is 1270. The van der Waals surface area contributed by atoms with Crippen molar-refractivity contribution in [2.24, 2.45) is 7.05 Å². The molecule has 3 aromatic rings. The summed E-state index contributed by atoms with van der Waals surface area (Å²) in [7, 11) is -3.82. The van der Waals surface area contributed by atoms with E-state index in [9.17, 15) is 16.8 Å². The lowest BCUT2D eigenvalue weighted by molar-refractivity contribution is 0.445. The van der Waals surface area contributed by atoms with E-state index in [1.54, 1.807) is 67.9 Å². The van der Waals surface area contributed by atoms with Gasteiger partial charge in [-0.1, -0.05) is 44.2 Å². The van der Waals surface area contributed by atoms with Crippen LogP contribution in [0.1, 0.15) is 25.2 Å². The highest BCUT2D eigenvalue weighted by Gasteiger charge is 2.24. The van der Waals surface area contributed by atoms with E-state index >= 15 is 0 Å². The number of rotatable bonds is 9. The minimum atomic E-state index is -3.60. The molecule has 0 amide bonds. The summed E-state index contributed by atoms with van der Waals surface area (Å²) in [5.41, 5.74) is 1.97. The van der Waals surface area contributed by atoms with Crippen LogP contribution >= 0.6 is 0 Å². The summed E-state index contributed by atoms with van der Waals surface area (Å²) in [6.45, 7) is 4.44. The van der Waals surface area contributed by atoms with Gasteiger partial charge in [-0.05, 0) is 23.8 Å². The molecule has 10 heteroatoms. The number of nitrogens with zero attached hydrogens (tertiary/aromatic N) is 4. The van der Waals surface area contributed by atoms with Crippen LogP contribution in [0.3, 0.4) is 0 Å². The molecule has 8 nitrogen and oxygen atoms in total. The molecular weight excluding hydrogens is 436 g/mol. The second-order valence-electron chi connectivity index (χ2n) is 7.32. The summed E-state index contributed by atoms with van der Waals surface area (Å²) in [5.74, 6) is 0.437. The highest BCUT2D eigenvalue weighted by Crippen LogP contribution is 2.23. The van der Waals surface area contributed by atoms with Gasteiger partial charge in [0.25, 0.3) is 0 Å². The Morgan fingerprint density at radius 3 is 2.23 bits per heavy atom. The summed E-state index contributed by atoms with van der Waals surface area (Å²) in [5, 5.41) is 0. The first kappa shape index (κ1) is 23.4. The van der Waals surface area contributed by atoms with Crippen LogP contribution in [0.25, 0.3) is 11.0 Å². The molecule has 1 aromatic heterocycles. The normalized spacial score (nSPS) is 12.8. The molecule has 31 heavy (non-hydrogen) atoms. The molecule has 0 saturated carbocycles. The van der Waals surface area contributed by atoms with Gasteiger partial charge in [-0.2, -0.15) is 8.61 Å². The standard InChI is InChI=1S/C21H28N4O4S2/c1-5-25(6-2)31(28,29)18-12-13-20-19(14-18)22-21(24(20)4)15-23(3)30(26,27)16-17-10-8-7-9-11-17/h7-14H,5-6,15-16H2,1-4H3. The molecule has 3 rings (SSSR count). The molecule has 0 unspecified atom stereocenters. The SMILES string of the molecule is CCN(CC)S(=O)(=O)c1ccc2c(c1)nc(CN(C)S(=O)(=O)Cc1ccccc1)n2C. The van der Waals surface area contributed by atoms with E-state index in [0.29, 0.717) is 30.0 Å².